The van der Waals surface area contributed by atoms with Crippen molar-refractivity contribution in [1.29, 1.82) is 0 Å². The largest absolute Gasteiger partial charge is 0.485 e. The van der Waals surface area contributed by atoms with E-state index in [4.69, 9.17) is 4.74 Å². The molecule has 3 nitrogen and oxygen atoms in total. The van der Waals surface area contributed by atoms with Crippen LogP contribution in [0.2, 0.25) is 0 Å². The molecule has 0 saturated heterocycles. The number of rotatable bonds is 4. The molecule has 2 rings (SSSR count). The number of benzene rings is 1. The van der Waals surface area contributed by atoms with Crippen molar-refractivity contribution in [2.75, 3.05) is 12.4 Å². The average Bonchev–Trinajstić information content (AvgIpc) is 2.38. The molecular weight excluding hydrogens is 327 g/mol. The second-order valence-corrected chi connectivity index (χ2v) is 4.61. The van der Waals surface area contributed by atoms with E-state index in [2.05, 4.69) is 32.9 Å². The number of halogens is 1. The van der Waals surface area contributed by atoms with Gasteiger partial charge in [0.05, 0.1) is 0 Å². The smallest absolute Gasteiger partial charge is 0.169 e. The first-order valence-corrected chi connectivity index (χ1v) is 6.38. The molecule has 1 aromatic carbocycles. The van der Waals surface area contributed by atoms with Gasteiger partial charge in [0.1, 0.15) is 10.3 Å². The van der Waals surface area contributed by atoms with Gasteiger partial charge in [-0.3, -0.25) is 0 Å². The lowest BCUT2D eigenvalue weighted by Gasteiger charge is -2.10. The van der Waals surface area contributed by atoms with Crippen LogP contribution in [0.15, 0.2) is 42.5 Å². The molecule has 0 spiro atoms. The zero-order chi connectivity index (χ0) is 12.1. The number of aromatic nitrogens is 1. The number of pyridine rings is 1. The Kier molecular flexibility index (Phi) is 4.19. The fourth-order valence-corrected chi connectivity index (χ4v) is 1.87. The molecule has 4 heteroatoms. The summed E-state index contributed by atoms with van der Waals surface area (Å²) in [5, 5.41) is 3.03. The second-order valence-electron chi connectivity index (χ2n) is 3.50. The summed E-state index contributed by atoms with van der Waals surface area (Å²) in [4.78, 5) is 4.35. The fraction of sp³-hybridized carbons (Fsp3) is 0.154. The van der Waals surface area contributed by atoms with E-state index >= 15 is 0 Å². The fourth-order valence-electron chi connectivity index (χ4n) is 1.45. The van der Waals surface area contributed by atoms with Gasteiger partial charge in [0, 0.05) is 7.05 Å². The van der Waals surface area contributed by atoms with Crippen LogP contribution in [0, 0.1) is 3.70 Å². The maximum absolute atomic E-state index is 5.74. The summed E-state index contributed by atoms with van der Waals surface area (Å²) in [7, 11) is 1.84. The third kappa shape index (κ3) is 3.33. The average molecular weight is 340 g/mol. The molecule has 17 heavy (non-hydrogen) atoms. The number of nitrogens with zero attached hydrogens (tertiary/aromatic N) is 1. The van der Waals surface area contributed by atoms with Crippen LogP contribution in [0.25, 0.3) is 0 Å². The summed E-state index contributed by atoms with van der Waals surface area (Å²) >= 11 is 2.18. The minimum atomic E-state index is 0.553. The lowest BCUT2D eigenvalue weighted by molar-refractivity contribution is 0.306. The minimum Gasteiger partial charge on any atom is -0.485 e. The van der Waals surface area contributed by atoms with Gasteiger partial charge >= 0.3 is 0 Å². The molecule has 2 aromatic rings. The number of anilines is 1. The van der Waals surface area contributed by atoms with E-state index in [1.807, 2.05) is 49.5 Å². The predicted molar refractivity (Wildman–Crippen MR) is 77.3 cm³/mol. The summed E-state index contributed by atoms with van der Waals surface area (Å²) in [5.74, 6) is 1.55. The van der Waals surface area contributed by atoms with Gasteiger partial charge in [-0.1, -0.05) is 30.3 Å². The Balaban J connectivity index is 2.09. The molecular formula is C13H13IN2O. The van der Waals surface area contributed by atoms with Gasteiger partial charge in [-0.05, 0) is 40.3 Å². The Morgan fingerprint density at radius 2 is 1.94 bits per heavy atom. The summed E-state index contributed by atoms with van der Waals surface area (Å²) in [5.41, 5.74) is 1.15. The van der Waals surface area contributed by atoms with Gasteiger partial charge in [0.15, 0.2) is 11.6 Å². The molecule has 1 N–H and O–H groups in total. The van der Waals surface area contributed by atoms with Gasteiger partial charge in [-0.2, -0.15) is 0 Å². The molecule has 0 aliphatic carbocycles. The standard InChI is InChI=1S/C13H13IN2O/c1-15-13-11(7-8-12(14)16-13)17-9-10-5-3-2-4-6-10/h2-8H,9H2,1H3,(H,15,16). The number of hydrogen-bond acceptors (Lipinski definition) is 3. The normalized spacial score (nSPS) is 10.0. The van der Waals surface area contributed by atoms with Crippen molar-refractivity contribution in [3.8, 4) is 5.75 Å². The van der Waals surface area contributed by atoms with Crippen LogP contribution >= 0.6 is 22.6 Å². The number of hydrogen-bond donors (Lipinski definition) is 1. The van der Waals surface area contributed by atoms with E-state index in [9.17, 15) is 0 Å². The first-order valence-electron chi connectivity index (χ1n) is 5.30. The molecule has 1 heterocycles. The Morgan fingerprint density at radius 3 is 2.65 bits per heavy atom. The molecule has 0 fully saturated rings. The molecule has 0 atom stereocenters. The van der Waals surface area contributed by atoms with Crippen molar-refractivity contribution >= 4 is 28.4 Å². The summed E-state index contributed by atoms with van der Waals surface area (Å²) in [6.45, 7) is 0.553. The third-order valence-corrected chi connectivity index (χ3v) is 2.90. The van der Waals surface area contributed by atoms with Gasteiger partial charge in [0.25, 0.3) is 0 Å². The molecule has 88 valence electrons. The van der Waals surface area contributed by atoms with E-state index in [0.717, 1.165) is 20.8 Å². The van der Waals surface area contributed by atoms with Crippen molar-refractivity contribution in [3.05, 3.63) is 51.7 Å². The monoisotopic (exact) mass is 340 g/mol. The maximum Gasteiger partial charge on any atom is 0.169 e. The van der Waals surface area contributed by atoms with Gasteiger partial charge in [-0.15, -0.1) is 0 Å². The lowest BCUT2D eigenvalue weighted by Crippen LogP contribution is -2.01. The van der Waals surface area contributed by atoms with Crippen LogP contribution in [-0.4, -0.2) is 12.0 Å². The van der Waals surface area contributed by atoms with Crippen LogP contribution in [0.5, 0.6) is 5.75 Å². The van der Waals surface area contributed by atoms with E-state index in [1.165, 1.54) is 0 Å². The highest BCUT2D eigenvalue weighted by atomic mass is 127. The maximum atomic E-state index is 5.74. The molecule has 0 aliphatic rings. The molecule has 0 unspecified atom stereocenters. The van der Waals surface area contributed by atoms with Crippen molar-refractivity contribution in [2.24, 2.45) is 0 Å². The van der Waals surface area contributed by atoms with Gasteiger partial charge in [-0.25, -0.2) is 4.98 Å². The lowest BCUT2D eigenvalue weighted by atomic mass is 10.2. The van der Waals surface area contributed by atoms with E-state index in [0.29, 0.717) is 6.61 Å². The van der Waals surface area contributed by atoms with Crippen LogP contribution < -0.4 is 10.1 Å². The van der Waals surface area contributed by atoms with Crippen LogP contribution in [-0.2, 0) is 6.61 Å². The molecule has 0 saturated carbocycles. The summed E-state index contributed by atoms with van der Waals surface area (Å²) in [6.07, 6.45) is 0. The Bertz CT molecular complexity index is 488. The van der Waals surface area contributed by atoms with E-state index < -0.39 is 0 Å². The van der Waals surface area contributed by atoms with Crippen molar-refractivity contribution in [3.63, 3.8) is 0 Å². The zero-order valence-electron chi connectivity index (χ0n) is 9.48. The molecule has 1 aromatic heterocycles. The third-order valence-electron chi connectivity index (χ3n) is 2.30. The predicted octanol–water partition coefficient (Wildman–Crippen LogP) is 3.31. The quantitative estimate of drug-likeness (QED) is 0.685. The van der Waals surface area contributed by atoms with Crippen molar-refractivity contribution < 1.29 is 4.74 Å². The summed E-state index contributed by atoms with van der Waals surface area (Å²) in [6, 6.07) is 14.0. The first kappa shape index (κ1) is 12.2. The van der Waals surface area contributed by atoms with Crippen LogP contribution in [0.1, 0.15) is 5.56 Å². The van der Waals surface area contributed by atoms with E-state index in [1.54, 1.807) is 0 Å². The van der Waals surface area contributed by atoms with Crippen molar-refractivity contribution in [1.82, 2.24) is 4.98 Å². The number of nitrogens with one attached hydrogen (secondary N) is 1. The molecule has 0 aliphatic heterocycles. The number of ether oxygens (including phenoxy) is 1. The molecule has 0 radical (unpaired) electrons. The Hall–Kier alpha value is -1.30. The van der Waals surface area contributed by atoms with Crippen LogP contribution in [0.3, 0.4) is 0 Å². The first-order chi connectivity index (χ1) is 8.29. The van der Waals surface area contributed by atoms with E-state index in [-0.39, 0.29) is 0 Å². The Morgan fingerprint density at radius 1 is 1.18 bits per heavy atom. The highest BCUT2D eigenvalue weighted by molar-refractivity contribution is 14.1. The molecule has 0 amide bonds. The zero-order valence-corrected chi connectivity index (χ0v) is 11.6. The SMILES string of the molecule is CNc1nc(I)ccc1OCc1ccccc1. The van der Waals surface area contributed by atoms with Gasteiger partial charge in [0.2, 0.25) is 0 Å². The molecule has 0 bridgehead atoms. The Labute approximate surface area is 114 Å². The topological polar surface area (TPSA) is 34.2 Å². The summed E-state index contributed by atoms with van der Waals surface area (Å²) < 4.78 is 6.68. The second kappa shape index (κ2) is 5.86. The van der Waals surface area contributed by atoms with Crippen LogP contribution in [0.4, 0.5) is 5.82 Å². The highest BCUT2D eigenvalue weighted by Crippen LogP contribution is 2.23. The van der Waals surface area contributed by atoms with Crippen molar-refractivity contribution in [2.45, 2.75) is 6.61 Å². The minimum absolute atomic E-state index is 0.553. The highest BCUT2D eigenvalue weighted by Gasteiger charge is 2.04. The van der Waals surface area contributed by atoms with Gasteiger partial charge < -0.3 is 10.1 Å².